The smallest absolute Gasteiger partial charge is 0.252 e. The third kappa shape index (κ3) is 3.62. The Morgan fingerprint density at radius 1 is 1.03 bits per heavy atom. The van der Waals surface area contributed by atoms with Gasteiger partial charge in [-0.1, -0.05) is 0 Å². The minimum absolute atomic E-state index is 0.188. The maximum Gasteiger partial charge on any atom is 0.252 e. The van der Waals surface area contributed by atoms with Crippen LogP contribution in [0.1, 0.15) is 37.7 Å². The second-order valence-corrected chi connectivity index (χ2v) is 7.60. The van der Waals surface area contributed by atoms with Gasteiger partial charge in [0.05, 0.1) is 0 Å². The van der Waals surface area contributed by atoms with E-state index in [-0.39, 0.29) is 30.9 Å². The van der Waals surface area contributed by atoms with E-state index < -0.39 is 5.67 Å². The Hall–Kier alpha value is -3.16. The van der Waals surface area contributed by atoms with Gasteiger partial charge < -0.3 is 19.1 Å². The van der Waals surface area contributed by atoms with E-state index in [0.29, 0.717) is 28.6 Å². The summed E-state index contributed by atoms with van der Waals surface area (Å²) < 4.78 is 31.8. The number of rotatable bonds is 6. The summed E-state index contributed by atoms with van der Waals surface area (Å²) in [5.41, 5.74) is -0.202. The second-order valence-electron chi connectivity index (χ2n) is 7.60. The van der Waals surface area contributed by atoms with Gasteiger partial charge in [0.25, 0.3) is 5.88 Å². The van der Waals surface area contributed by atoms with Crippen molar-refractivity contribution in [3.63, 3.8) is 0 Å². The van der Waals surface area contributed by atoms with Crippen LogP contribution in [0, 0.1) is 0 Å². The van der Waals surface area contributed by atoms with Crippen molar-refractivity contribution in [2.45, 2.75) is 50.0 Å². The number of nitrogens with zero attached hydrogens (tertiary/aromatic N) is 3. The molecule has 3 heterocycles. The molecule has 0 amide bonds. The first-order valence-corrected chi connectivity index (χ1v) is 9.68. The molecule has 2 saturated carbocycles. The molecule has 0 unspecified atom stereocenters. The highest BCUT2D eigenvalue weighted by atomic mass is 19.1. The van der Waals surface area contributed by atoms with Gasteiger partial charge in [-0.3, -0.25) is 0 Å². The van der Waals surface area contributed by atoms with Crippen LogP contribution < -0.4 is 9.47 Å². The lowest BCUT2D eigenvalue weighted by Gasteiger charge is -2.41. The van der Waals surface area contributed by atoms with Crippen molar-refractivity contribution >= 4 is 0 Å². The molecular formula is C21H20FN3O4. The predicted molar refractivity (Wildman–Crippen MR) is 100 cm³/mol. The first kappa shape index (κ1) is 17.9. The van der Waals surface area contributed by atoms with Gasteiger partial charge in [-0.2, -0.15) is 0 Å². The van der Waals surface area contributed by atoms with E-state index in [1.54, 1.807) is 36.7 Å². The Morgan fingerprint density at radius 3 is 2.52 bits per heavy atom. The number of hydrogen-bond donors (Lipinski definition) is 1. The molecule has 7 nitrogen and oxygen atoms in total. The molecule has 0 saturated heterocycles. The molecule has 150 valence electrons. The third-order valence-electron chi connectivity index (χ3n) is 5.50. The summed E-state index contributed by atoms with van der Waals surface area (Å²) in [4.78, 5) is 8.42. The van der Waals surface area contributed by atoms with Crippen molar-refractivity contribution in [3.8, 4) is 29.0 Å². The zero-order chi connectivity index (χ0) is 19.8. The Balaban J connectivity index is 1.19. The zero-order valence-corrected chi connectivity index (χ0v) is 15.6. The molecule has 0 aromatic carbocycles. The molecule has 0 radical (unpaired) electrons. The van der Waals surface area contributed by atoms with E-state index in [2.05, 4.69) is 15.1 Å². The minimum atomic E-state index is -1.44. The summed E-state index contributed by atoms with van der Waals surface area (Å²) in [6.45, 7) is 0. The van der Waals surface area contributed by atoms with Crippen molar-refractivity contribution in [3.05, 3.63) is 48.3 Å². The molecule has 0 bridgehead atoms. The van der Waals surface area contributed by atoms with Crippen LogP contribution in [0.5, 0.6) is 17.6 Å². The van der Waals surface area contributed by atoms with Gasteiger partial charge in [-0.05, 0) is 42.1 Å². The van der Waals surface area contributed by atoms with Crippen LogP contribution in [0.25, 0.3) is 11.3 Å². The zero-order valence-electron chi connectivity index (χ0n) is 15.6. The fourth-order valence-electron chi connectivity index (χ4n) is 3.56. The normalized spacial score (nSPS) is 23.8. The number of halogens is 1. The monoisotopic (exact) mass is 397 g/mol. The Labute approximate surface area is 166 Å². The second kappa shape index (κ2) is 7.02. The number of pyridine rings is 2. The van der Waals surface area contributed by atoms with Gasteiger partial charge >= 0.3 is 0 Å². The quantitative estimate of drug-likeness (QED) is 0.667. The molecule has 29 heavy (non-hydrogen) atoms. The molecule has 2 aliphatic carbocycles. The summed E-state index contributed by atoms with van der Waals surface area (Å²) in [7, 11) is 0. The van der Waals surface area contributed by atoms with E-state index in [4.69, 9.17) is 14.0 Å². The van der Waals surface area contributed by atoms with Gasteiger partial charge in [0.2, 0.25) is 11.8 Å². The first-order valence-electron chi connectivity index (χ1n) is 9.68. The fourth-order valence-corrected chi connectivity index (χ4v) is 3.56. The summed E-state index contributed by atoms with van der Waals surface area (Å²) in [6.07, 6.45) is 6.85. The Kier molecular flexibility index (Phi) is 4.34. The van der Waals surface area contributed by atoms with Crippen molar-refractivity contribution in [2.24, 2.45) is 0 Å². The molecule has 3 aromatic heterocycles. The molecule has 8 heteroatoms. The maximum absolute atomic E-state index is 15.3. The van der Waals surface area contributed by atoms with Gasteiger partial charge in [0.15, 0.2) is 5.76 Å². The van der Waals surface area contributed by atoms with Crippen LogP contribution in [-0.4, -0.2) is 32.4 Å². The van der Waals surface area contributed by atoms with Crippen LogP contribution in [0.4, 0.5) is 4.39 Å². The number of aromatic hydroxyl groups is 1. The third-order valence-corrected chi connectivity index (χ3v) is 5.50. The standard InChI is InChI=1S/C21H20FN3O4/c22-21(14-6-7-23-20(8-14)27-15-2-1-3-15)10-16(11-21)28-19-5-4-13(12-24-19)17-9-18(26)25-29-17/h4-9,12,15-16H,1-3,10-11H2,(H,25,26)/t16-,21-. The number of hydrogen-bond acceptors (Lipinski definition) is 7. The van der Waals surface area contributed by atoms with Crippen molar-refractivity contribution in [1.82, 2.24) is 15.1 Å². The van der Waals surface area contributed by atoms with Crippen LogP contribution in [0.2, 0.25) is 0 Å². The lowest BCUT2D eigenvalue weighted by atomic mass is 9.74. The maximum atomic E-state index is 15.3. The molecule has 5 rings (SSSR count). The number of ether oxygens (including phenoxy) is 2. The van der Waals surface area contributed by atoms with Crippen molar-refractivity contribution in [2.75, 3.05) is 0 Å². The van der Waals surface area contributed by atoms with E-state index in [0.717, 1.165) is 12.8 Å². The molecular weight excluding hydrogens is 377 g/mol. The largest absolute Gasteiger partial charge is 0.491 e. The van der Waals surface area contributed by atoms with E-state index in [9.17, 15) is 5.11 Å². The topological polar surface area (TPSA) is 90.5 Å². The number of alkyl halides is 1. The van der Waals surface area contributed by atoms with Crippen LogP contribution in [0.3, 0.4) is 0 Å². The van der Waals surface area contributed by atoms with Crippen LogP contribution >= 0.6 is 0 Å². The van der Waals surface area contributed by atoms with Gasteiger partial charge in [-0.25, -0.2) is 14.4 Å². The highest BCUT2D eigenvalue weighted by molar-refractivity contribution is 5.57. The lowest BCUT2D eigenvalue weighted by molar-refractivity contribution is -0.0488. The highest BCUT2D eigenvalue weighted by Gasteiger charge is 2.48. The molecule has 0 atom stereocenters. The molecule has 2 aliphatic rings. The van der Waals surface area contributed by atoms with Gasteiger partial charge in [-0.15, -0.1) is 0 Å². The summed E-state index contributed by atoms with van der Waals surface area (Å²) in [6, 6.07) is 8.23. The molecule has 0 spiro atoms. The molecule has 0 aliphatic heterocycles. The Morgan fingerprint density at radius 2 is 1.86 bits per heavy atom. The van der Waals surface area contributed by atoms with Gasteiger partial charge in [0, 0.05) is 49.0 Å². The predicted octanol–water partition coefficient (Wildman–Crippen LogP) is 4.17. The average Bonchev–Trinajstić information content (AvgIpc) is 3.10. The van der Waals surface area contributed by atoms with E-state index in [1.165, 1.54) is 12.5 Å². The first-order chi connectivity index (χ1) is 14.1. The average molecular weight is 397 g/mol. The minimum Gasteiger partial charge on any atom is -0.491 e. The van der Waals surface area contributed by atoms with Gasteiger partial charge in [0.1, 0.15) is 17.9 Å². The summed E-state index contributed by atoms with van der Waals surface area (Å²) >= 11 is 0. The van der Waals surface area contributed by atoms with Crippen LogP contribution in [-0.2, 0) is 5.67 Å². The fraction of sp³-hybridized carbons (Fsp3) is 0.381. The van der Waals surface area contributed by atoms with Crippen molar-refractivity contribution < 1.29 is 23.5 Å². The molecule has 3 aromatic rings. The Bertz CT molecular complexity index is 997. The molecule has 2 fully saturated rings. The summed E-state index contributed by atoms with van der Waals surface area (Å²) in [5.74, 6) is 1.12. The number of aromatic nitrogens is 3. The SMILES string of the molecule is Oc1cc(-c2ccc(O[C@H]3C[C@@](F)(c4ccnc(OC5CCC5)c4)C3)nc2)on1. The van der Waals surface area contributed by atoms with E-state index >= 15 is 4.39 Å². The lowest BCUT2D eigenvalue weighted by Crippen LogP contribution is -2.44. The summed E-state index contributed by atoms with van der Waals surface area (Å²) in [5, 5.41) is 12.7. The van der Waals surface area contributed by atoms with E-state index in [1.807, 2.05) is 0 Å². The highest BCUT2D eigenvalue weighted by Crippen LogP contribution is 2.47. The van der Waals surface area contributed by atoms with Crippen molar-refractivity contribution in [1.29, 1.82) is 0 Å². The van der Waals surface area contributed by atoms with Crippen LogP contribution in [0.15, 0.2) is 47.2 Å². The molecule has 1 N–H and O–H groups in total.